The van der Waals surface area contributed by atoms with E-state index in [2.05, 4.69) is 10.3 Å². The van der Waals surface area contributed by atoms with Crippen molar-refractivity contribution in [3.8, 4) is 0 Å². The molecule has 30 heavy (non-hydrogen) atoms. The summed E-state index contributed by atoms with van der Waals surface area (Å²) in [5.41, 5.74) is 2.17. The van der Waals surface area contributed by atoms with E-state index in [0.29, 0.717) is 36.0 Å². The van der Waals surface area contributed by atoms with Crippen LogP contribution in [-0.4, -0.2) is 36.7 Å². The van der Waals surface area contributed by atoms with Gasteiger partial charge in [0.05, 0.1) is 10.6 Å². The molecule has 2 aliphatic rings. The van der Waals surface area contributed by atoms with Crippen LogP contribution in [0.15, 0.2) is 29.2 Å². The van der Waals surface area contributed by atoms with Crippen LogP contribution >= 0.6 is 11.3 Å². The van der Waals surface area contributed by atoms with Crippen molar-refractivity contribution in [2.24, 2.45) is 5.92 Å². The van der Waals surface area contributed by atoms with Crippen LogP contribution in [0.25, 0.3) is 0 Å². The molecule has 1 aliphatic carbocycles. The van der Waals surface area contributed by atoms with Crippen molar-refractivity contribution < 1.29 is 13.2 Å². The summed E-state index contributed by atoms with van der Waals surface area (Å²) in [5, 5.41) is 3.70. The molecule has 1 fully saturated rings. The average Bonchev–Trinajstić information content (AvgIpc) is 3.08. The van der Waals surface area contributed by atoms with Gasteiger partial charge in [-0.3, -0.25) is 4.79 Å². The number of benzene rings is 1. The number of carbonyl (C=O) groups excluding carboxylic acids is 1. The second-order valence-corrected chi connectivity index (χ2v) is 11.3. The Hall–Kier alpha value is -1.77. The first-order chi connectivity index (χ1) is 14.4. The van der Waals surface area contributed by atoms with Crippen LogP contribution in [0.5, 0.6) is 0 Å². The predicted octanol–water partition coefficient (Wildman–Crippen LogP) is 4.15. The third-order valence-corrected chi connectivity index (χ3v) is 9.04. The highest BCUT2D eigenvalue weighted by atomic mass is 32.2. The van der Waals surface area contributed by atoms with Crippen LogP contribution in [0.1, 0.15) is 54.7 Å². The minimum Gasteiger partial charge on any atom is -0.302 e. The molecular weight excluding hydrogens is 418 g/mol. The first kappa shape index (κ1) is 21.5. The molecule has 1 amide bonds. The van der Waals surface area contributed by atoms with Crippen molar-refractivity contribution >= 4 is 32.4 Å². The van der Waals surface area contributed by atoms with E-state index in [0.717, 1.165) is 30.5 Å². The van der Waals surface area contributed by atoms with Crippen molar-refractivity contribution in [1.82, 2.24) is 9.29 Å². The van der Waals surface area contributed by atoms with Gasteiger partial charge in [0, 0.05) is 23.9 Å². The number of sulfonamides is 1. The van der Waals surface area contributed by atoms with Gasteiger partial charge >= 0.3 is 0 Å². The van der Waals surface area contributed by atoms with E-state index in [4.69, 9.17) is 0 Å². The second kappa shape index (κ2) is 9.16. The fourth-order valence-corrected chi connectivity index (χ4v) is 6.71. The van der Waals surface area contributed by atoms with Gasteiger partial charge in [-0.1, -0.05) is 30.5 Å². The molecule has 1 aromatic heterocycles. The van der Waals surface area contributed by atoms with E-state index in [1.807, 2.05) is 19.1 Å². The number of nitrogens with one attached hydrogen (secondary N) is 1. The van der Waals surface area contributed by atoms with E-state index in [-0.39, 0.29) is 11.8 Å². The molecule has 6 nitrogen and oxygen atoms in total. The maximum absolute atomic E-state index is 12.9. The normalized spacial score (nSPS) is 19.0. The van der Waals surface area contributed by atoms with Crippen LogP contribution in [0.3, 0.4) is 0 Å². The lowest BCUT2D eigenvalue weighted by Gasteiger charge is -2.30. The minimum atomic E-state index is -3.50. The molecular formula is C22H29N3O3S2. The number of carbonyl (C=O) groups is 1. The maximum Gasteiger partial charge on any atom is 0.243 e. The molecule has 0 radical (unpaired) electrons. The minimum absolute atomic E-state index is 0.0379. The van der Waals surface area contributed by atoms with E-state index in [9.17, 15) is 13.2 Å². The maximum atomic E-state index is 12.9. The number of thiazole rings is 1. The van der Waals surface area contributed by atoms with Gasteiger partial charge in [-0.2, -0.15) is 4.31 Å². The van der Waals surface area contributed by atoms with Crippen LogP contribution < -0.4 is 5.32 Å². The SMILES string of the molecule is Cc1ccc(S(=O)(=O)N2CCC(C(=O)Nc3nc4c(s3)CCCCCC4)CC2)cc1. The molecule has 0 unspecified atom stereocenters. The van der Waals surface area contributed by atoms with E-state index in [1.54, 1.807) is 23.5 Å². The summed E-state index contributed by atoms with van der Waals surface area (Å²) in [5.74, 6) is -0.218. The van der Waals surface area contributed by atoms with Gasteiger partial charge in [-0.15, -0.1) is 11.3 Å². The van der Waals surface area contributed by atoms with Crippen LogP contribution in [0.4, 0.5) is 5.13 Å². The van der Waals surface area contributed by atoms with Crippen molar-refractivity contribution in [3.05, 3.63) is 40.4 Å². The summed E-state index contributed by atoms with van der Waals surface area (Å²) in [4.78, 5) is 19.1. The summed E-state index contributed by atoms with van der Waals surface area (Å²) in [6.45, 7) is 2.66. The Labute approximate surface area is 182 Å². The molecule has 1 saturated heterocycles. The molecule has 1 N–H and O–H groups in total. The zero-order valence-corrected chi connectivity index (χ0v) is 19.0. The summed E-state index contributed by atoms with van der Waals surface area (Å²) in [7, 11) is -3.50. The highest BCUT2D eigenvalue weighted by molar-refractivity contribution is 7.89. The van der Waals surface area contributed by atoms with Crippen LogP contribution in [-0.2, 0) is 27.7 Å². The van der Waals surface area contributed by atoms with Gasteiger partial charge in [-0.05, 0) is 57.6 Å². The lowest BCUT2D eigenvalue weighted by molar-refractivity contribution is -0.120. The zero-order chi connectivity index (χ0) is 21.1. The van der Waals surface area contributed by atoms with E-state index in [1.165, 1.54) is 28.4 Å². The lowest BCUT2D eigenvalue weighted by Crippen LogP contribution is -2.41. The molecule has 4 rings (SSSR count). The Kier molecular flexibility index (Phi) is 6.55. The molecule has 2 heterocycles. The summed E-state index contributed by atoms with van der Waals surface area (Å²) in [6, 6.07) is 6.92. The highest BCUT2D eigenvalue weighted by Gasteiger charge is 2.32. The summed E-state index contributed by atoms with van der Waals surface area (Å²) in [6.07, 6.45) is 7.99. The number of hydrogen-bond acceptors (Lipinski definition) is 5. The smallest absolute Gasteiger partial charge is 0.243 e. The lowest BCUT2D eigenvalue weighted by atomic mass is 9.97. The topological polar surface area (TPSA) is 79.4 Å². The Morgan fingerprint density at radius 3 is 2.43 bits per heavy atom. The monoisotopic (exact) mass is 447 g/mol. The summed E-state index contributed by atoms with van der Waals surface area (Å²) >= 11 is 1.60. The second-order valence-electron chi connectivity index (χ2n) is 8.28. The van der Waals surface area contributed by atoms with Gasteiger partial charge in [0.2, 0.25) is 15.9 Å². The van der Waals surface area contributed by atoms with Gasteiger partial charge in [0.1, 0.15) is 0 Å². The number of amides is 1. The van der Waals surface area contributed by atoms with Gasteiger partial charge < -0.3 is 5.32 Å². The molecule has 0 saturated carbocycles. The van der Waals surface area contributed by atoms with Gasteiger partial charge in [0.25, 0.3) is 0 Å². The third kappa shape index (κ3) is 4.76. The molecule has 0 spiro atoms. The number of piperidine rings is 1. The fraction of sp³-hybridized carbons (Fsp3) is 0.545. The van der Waals surface area contributed by atoms with Crippen molar-refractivity contribution in [1.29, 1.82) is 0 Å². The molecule has 0 bridgehead atoms. The molecule has 162 valence electrons. The van der Waals surface area contributed by atoms with Crippen molar-refractivity contribution in [2.75, 3.05) is 18.4 Å². The Morgan fingerprint density at radius 2 is 1.73 bits per heavy atom. The highest BCUT2D eigenvalue weighted by Crippen LogP contribution is 2.30. The molecule has 8 heteroatoms. The number of nitrogens with zero attached hydrogens (tertiary/aromatic N) is 2. The number of aromatic nitrogens is 1. The van der Waals surface area contributed by atoms with Gasteiger partial charge in [0.15, 0.2) is 5.13 Å². The van der Waals surface area contributed by atoms with Crippen LogP contribution in [0.2, 0.25) is 0 Å². The van der Waals surface area contributed by atoms with Crippen molar-refractivity contribution in [3.63, 3.8) is 0 Å². The van der Waals surface area contributed by atoms with E-state index >= 15 is 0 Å². The number of hydrogen-bond donors (Lipinski definition) is 1. The van der Waals surface area contributed by atoms with Crippen LogP contribution in [0, 0.1) is 12.8 Å². The zero-order valence-electron chi connectivity index (χ0n) is 17.4. The number of anilines is 1. The Balaban J connectivity index is 1.35. The number of fused-ring (bicyclic) bond motifs is 1. The largest absolute Gasteiger partial charge is 0.302 e. The summed E-state index contributed by atoms with van der Waals surface area (Å²) < 4.78 is 27.2. The van der Waals surface area contributed by atoms with E-state index < -0.39 is 10.0 Å². The molecule has 1 aromatic carbocycles. The van der Waals surface area contributed by atoms with Crippen molar-refractivity contribution in [2.45, 2.75) is 63.2 Å². The average molecular weight is 448 g/mol. The quantitative estimate of drug-likeness (QED) is 0.764. The Bertz CT molecular complexity index is 966. The molecule has 1 aliphatic heterocycles. The standard InChI is InChI=1S/C22H29N3O3S2/c1-16-8-10-18(11-9-16)30(27,28)25-14-12-17(13-15-25)21(26)24-22-23-19-6-4-2-3-5-7-20(19)29-22/h8-11,17H,2-7,12-15H2,1H3,(H,23,24,26). The van der Waals surface area contributed by atoms with Gasteiger partial charge in [-0.25, -0.2) is 13.4 Å². The first-order valence-electron chi connectivity index (χ1n) is 10.8. The number of rotatable bonds is 4. The molecule has 0 atom stereocenters. The predicted molar refractivity (Wildman–Crippen MR) is 119 cm³/mol. The number of aryl methyl sites for hydroxylation is 3. The molecule has 2 aromatic rings. The first-order valence-corrected chi connectivity index (χ1v) is 13.1. The Morgan fingerprint density at radius 1 is 1.07 bits per heavy atom. The fourth-order valence-electron chi connectivity index (χ4n) is 4.18. The third-order valence-electron chi connectivity index (χ3n) is 6.06.